The van der Waals surface area contributed by atoms with Crippen LogP contribution in [0.25, 0.3) is 5.69 Å². The number of hydrogen-bond donors (Lipinski definition) is 0. The van der Waals surface area contributed by atoms with Gasteiger partial charge in [0.25, 0.3) is 0 Å². The molecule has 33 heavy (non-hydrogen) atoms. The van der Waals surface area contributed by atoms with Crippen LogP contribution in [0.2, 0.25) is 0 Å². The number of rotatable bonds is 7. The van der Waals surface area contributed by atoms with Gasteiger partial charge in [0.2, 0.25) is 0 Å². The van der Waals surface area contributed by atoms with Gasteiger partial charge in [0.15, 0.2) is 0 Å². The lowest BCUT2D eigenvalue weighted by molar-refractivity contribution is 0.103. The largest absolute Gasteiger partial charge is 0.495 e. The van der Waals surface area contributed by atoms with E-state index in [2.05, 4.69) is 105 Å². The Bertz CT molecular complexity index is 1110. The van der Waals surface area contributed by atoms with Gasteiger partial charge in [-0.15, -0.1) is 0 Å². The van der Waals surface area contributed by atoms with Gasteiger partial charge in [-0.1, -0.05) is 72.8 Å². The third-order valence-electron chi connectivity index (χ3n) is 6.57. The Morgan fingerprint density at radius 1 is 0.697 bits per heavy atom. The summed E-state index contributed by atoms with van der Waals surface area (Å²) in [6.07, 6.45) is 2.13. The molecule has 4 nitrogen and oxygen atoms in total. The van der Waals surface area contributed by atoms with Gasteiger partial charge in [-0.3, -0.25) is 9.80 Å². The molecule has 1 aliphatic heterocycles. The lowest BCUT2D eigenvalue weighted by Crippen LogP contribution is -2.47. The van der Waals surface area contributed by atoms with E-state index in [0.717, 1.165) is 44.2 Å². The zero-order valence-corrected chi connectivity index (χ0v) is 19.2. The molecule has 0 radical (unpaired) electrons. The first kappa shape index (κ1) is 21.5. The molecular formula is C29H31N3O. The Morgan fingerprint density at radius 2 is 1.30 bits per heavy atom. The van der Waals surface area contributed by atoms with Crippen LogP contribution in [0.15, 0.2) is 103 Å². The summed E-state index contributed by atoms with van der Waals surface area (Å²) in [7, 11) is 1.73. The van der Waals surface area contributed by atoms with Gasteiger partial charge < -0.3 is 9.30 Å². The highest BCUT2D eigenvalue weighted by atomic mass is 16.5. The molecule has 4 aromatic rings. The first-order chi connectivity index (χ1) is 16.3. The summed E-state index contributed by atoms with van der Waals surface area (Å²) >= 11 is 0. The van der Waals surface area contributed by atoms with Crippen molar-refractivity contribution in [1.29, 1.82) is 0 Å². The molecule has 0 unspecified atom stereocenters. The van der Waals surface area contributed by atoms with Crippen LogP contribution in [-0.2, 0) is 6.54 Å². The highest BCUT2D eigenvalue weighted by Crippen LogP contribution is 2.30. The Kier molecular flexibility index (Phi) is 6.56. The molecule has 168 valence electrons. The van der Waals surface area contributed by atoms with Gasteiger partial charge >= 0.3 is 0 Å². The van der Waals surface area contributed by atoms with Crippen molar-refractivity contribution in [2.45, 2.75) is 12.6 Å². The van der Waals surface area contributed by atoms with E-state index in [1.165, 1.54) is 16.8 Å². The second-order valence-electron chi connectivity index (χ2n) is 8.58. The van der Waals surface area contributed by atoms with E-state index in [-0.39, 0.29) is 0 Å². The van der Waals surface area contributed by atoms with Gasteiger partial charge in [0.1, 0.15) is 5.75 Å². The Hall–Kier alpha value is -3.34. The number of piperazine rings is 1. The highest BCUT2D eigenvalue weighted by Gasteiger charge is 2.26. The molecule has 0 saturated carbocycles. The van der Waals surface area contributed by atoms with Crippen LogP contribution in [0, 0.1) is 0 Å². The van der Waals surface area contributed by atoms with E-state index >= 15 is 0 Å². The predicted octanol–water partition coefficient (Wildman–Crippen LogP) is 5.39. The zero-order chi connectivity index (χ0) is 22.5. The van der Waals surface area contributed by atoms with Gasteiger partial charge in [0.05, 0.1) is 18.8 Å². The molecule has 5 rings (SSSR count). The van der Waals surface area contributed by atoms with Crippen LogP contribution in [0.1, 0.15) is 22.9 Å². The fourth-order valence-corrected chi connectivity index (χ4v) is 4.90. The number of methoxy groups -OCH3 is 1. The van der Waals surface area contributed by atoms with Crippen LogP contribution in [-0.4, -0.2) is 47.7 Å². The van der Waals surface area contributed by atoms with Crippen molar-refractivity contribution in [1.82, 2.24) is 14.4 Å². The minimum absolute atomic E-state index is 0.298. The summed E-state index contributed by atoms with van der Waals surface area (Å²) in [4.78, 5) is 5.19. The van der Waals surface area contributed by atoms with Crippen molar-refractivity contribution >= 4 is 0 Å². The molecular weight excluding hydrogens is 406 g/mol. The fraction of sp³-hybridized carbons (Fsp3) is 0.241. The molecule has 0 amide bonds. The summed E-state index contributed by atoms with van der Waals surface area (Å²) in [5.41, 5.74) is 5.10. The second-order valence-corrected chi connectivity index (χ2v) is 8.58. The minimum atomic E-state index is 0.298. The summed E-state index contributed by atoms with van der Waals surface area (Å²) < 4.78 is 7.85. The zero-order valence-electron chi connectivity index (χ0n) is 19.2. The van der Waals surface area contributed by atoms with E-state index in [0.29, 0.717) is 6.04 Å². The van der Waals surface area contributed by atoms with Crippen LogP contribution < -0.4 is 4.74 Å². The Labute approximate surface area is 196 Å². The van der Waals surface area contributed by atoms with Crippen molar-refractivity contribution in [3.05, 3.63) is 120 Å². The average molecular weight is 438 g/mol. The number of benzene rings is 3. The maximum atomic E-state index is 5.60. The summed E-state index contributed by atoms with van der Waals surface area (Å²) in [6, 6.07) is 34.6. The van der Waals surface area contributed by atoms with Crippen LogP contribution in [0.3, 0.4) is 0 Å². The number of ether oxygens (including phenoxy) is 1. The van der Waals surface area contributed by atoms with Crippen LogP contribution >= 0.6 is 0 Å². The highest BCUT2D eigenvalue weighted by molar-refractivity contribution is 5.48. The van der Waals surface area contributed by atoms with Crippen molar-refractivity contribution in [3.8, 4) is 11.4 Å². The maximum Gasteiger partial charge on any atom is 0.142 e. The van der Waals surface area contributed by atoms with E-state index < -0.39 is 0 Å². The average Bonchev–Trinajstić information content (AvgIpc) is 3.34. The minimum Gasteiger partial charge on any atom is -0.495 e. The molecule has 1 aliphatic rings. The molecule has 4 heteroatoms. The van der Waals surface area contributed by atoms with Crippen LogP contribution in [0.4, 0.5) is 0 Å². The molecule has 0 bridgehead atoms. The molecule has 3 aromatic carbocycles. The predicted molar refractivity (Wildman–Crippen MR) is 134 cm³/mol. The molecule has 1 saturated heterocycles. The first-order valence-electron chi connectivity index (χ1n) is 11.7. The van der Waals surface area contributed by atoms with Gasteiger partial charge in [-0.25, -0.2) is 0 Å². The van der Waals surface area contributed by atoms with Crippen molar-refractivity contribution in [2.75, 3.05) is 33.3 Å². The van der Waals surface area contributed by atoms with Crippen molar-refractivity contribution in [3.63, 3.8) is 0 Å². The number of aromatic nitrogens is 1. The van der Waals surface area contributed by atoms with Crippen molar-refractivity contribution in [2.24, 2.45) is 0 Å². The third kappa shape index (κ3) is 4.72. The molecule has 0 spiro atoms. The van der Waals surface area contributed by atoms with E-state index in [4.69, 9.17) is 4.74 Å². The monoisotopic (exact) mass is 437 g/mol. The summed E-state index contributed by atoms with van der Waals surface area (Å²) in [6.45, 7) is 5.12. The molecule has 0 atom stereocenters. The number of para-hydroxylation sites is 2. The van der Waals surface area contributed by atoms with Gasteiger partial charge in [0, 0.05) is 44.6 Å². The topological polar surface area (TPSA) is 20.6 Å². The van der Waals surface area contributed by atoms with E-state index in [1.807, 2.05) is 12.1 Å². The standard InChI is InChI=1S/C29H31N3O/c1-33-28-17-9-8-16-27(28)32-18-10-15-26(32)23-30-19-21-31(22-20-30)29(24-11-4-2-5-12-24)25-13-6-3-7-14-25/h2-18,29H,19-23H2,1H3. The molecule has 1 fully saturated rings. The lowest BCUT2D eigenvalue weighted by Gasteiger charge is -2.40. The lowest BCUT2D eigenvalue weighted by atomic mass is 9.96. The third-order valence-corrected chi connectivity index (χ3v) is 6.57. The molecule has 0 N–H and O–H groups in total. The van der Waals surface area contributed by atoms with Crippen LogP contribution in [0.5, 0.6) is 5.75 Å². The molecule has 0 aliphatic carbocycles. The smallest absolute Gasteiger partial charge is 0.142 e. The number of nitrogens with zero attached hydrogens (tertiary/aromatic N) is 3. The number of hydrogen-bond acceptors (Lipinski definition) is 3. The fourth-order valence-electron chi connectivity index (χ4n) is 4.90. The summed E-state index contributed by atoms with van der Waals surface area (Å²) in [5, 5.41) is 0. The summed E-state index contributed by atoms with van der Waals surface area (Å²) in [5.74, 6) is 0.897. The van der Waals surface area contributed by atoms with E-state index in [1.54, 1.807) is 7.11 Å². The molecule has 2 heterocycles. The normalized spacial score (nSPS) is 15.1. The van der Waals surface area contributed by atoms with E-state index in [9.17, 15) is 0 Å². The maximum absolute atomic E-state index is 5.60. The molecule has 1 aromatic heterocycles. The van der Waals surface area contributed by atoms with Crippen molar-refractivity contribution < 1.29 is 4.74 Å². The first-order valence-corrected chi connectivity index (χ1v) is 11.7. The van der Waals surface area contributed by atoms with Gasteiger partial charge in [-0.05, 0) is 35.4 Å². The van der Waals surface area contributed by atoms with Gasteiger partial charge in [-0.2, -0.15) is 0 Å². The second kappa shape index (κ2) is 10.1. The Balaban J connectivity index is 1.30. The quantitative estimate of drug-likeness (QED) is 0.387. The Morgan fingerprint density at radius 3 is 1.94 bits per heavy atom. The SMILES string of the molecule is COc1ccccc1-n1cccc1CN1CCN(C(c2ccccc2)c2ccccc2)CC1.